The van der Waals surface area contributed by atoms with Gasteiger partial charge in [-0.3, -0.25) is 25.1 Å². The summed E-state index contributed by atoms with van der Waals surface area (Å²) < 4.78 is 0. The number of nitro benzene ring substituents is 1. The zero-order valence-corrected chi connectivity index (χ0v) is 15.1. The highest BCUT2D eigenvalue weighted by atomic mass is 35.5. The van der Waals surface area contributed by atoms with Crippen LogP contribution in [0.2, 0.25) is 5.02 Å². The Hall–Kier alpha value is -1.84. The first-order chi connectivity index (χ1) is 11.3. The first kappa shape index (κ1) is 20.2. The van der Waals surface area contributed by atoms with Crippen LogP contribution < -0.4 is 10.7 Å². The first-order valence-corrected chi connectivity index (χ1v) is 8.75. The minimum Gasteiger partial charge on any atom is -0.340 e. The van der Waals surface area contributed by atoms with Gasteiger partial charge in [-0.05, 0) is 24.5 Å². The molecule has 0 fully saturated rings. The van der Waals surface area contributed by atoms with Crippen molar-refractivity contribution in [3.63, 3.8) is 0 Å². The van der Waals surface area contributed by atoms with E-state index in [1.165, 1.54) is 17.1 Å². The van der Waals surface area contributed by atoms with Gasteiger partial charge in [0.2, 0.25) is 0 Å². The molecule has 0 heterocycles. The summed E-state index contributed by atoms with van der Waals surface area (Å²) >= 11 is 7.49. The van der Waals surface area contributed by atoms with Gasteiger partial charge in [-0.15, -0.1) is 0 Å². The maximum Gasteiger partial charge on any atom is 0.270 e. The molecular weight excluding hydrogens is 356 g/mol. The van der Waals surface area contributed by atoms with Crippen LogP contribution in [-0.2, 0) is 4.79 Å². The van der Waals surface area contributed by atoms with E-state index in [9.17, 15) is 19.7 Å². The minimum atomic E-state index is -0.737. The number of carbonyl (C=O) groups is 2. The molecule has 24 heavy (non-hydrogen) atoms. The fourth-order valence-electron chi connectivity index (χ4n) is 1.84. The monoisotopic (exact) mass is 374 g/mol. The number of rotatable bonds is 8. The highest BCUT2D eigenvalue weighted by molar-refractivity contribution is 7.98. The van der Waals surface area contributed by atoms with E-state index in [0.717, 1.165) is 6.07 Å². The molecule has 0 aromatic heterocycles. The number of benzene rings is 1. The number of hydrogen-bond acceptors (Lipinski definition) is 6. The van der Waals surface area contributed by atoms with E-state index in [1.807, 2.05) is 6.26 Å². The predicted octanol–water partition coefficient (Wildman–Crippen LogP) is 1.69. The van der Waals surface area contributed by atoms with E-state index in [4.69, 9.17) is 11.6 Å². The van der Waals surface area contributed by atoms with Gasteiger partial charge in [-0.1, -0.05) is 11.6 Å². The molecule has 1 aromatic rings. The van der Waals surface area contributed by atoms with Gasteiger partial charge < -0.3 is 5.32 Å². The Morgan fingerprint density at radius 2 is 2.08 bits per heavy atom. The van der Waals surface area contributed by atoms with Crippen LogP contribution in [0.25, 0.3) is 0 Å². The number of non-ortho nitro benzene ring substituents is 1. The van der Waals surface area contributed by atoms with Crippen molar-refractivity contribution in [1.82, 2.24) is 15.8 Å². The topological polar surface area (TPSA) is 105 Å². The molecule has 0 spiro atoms. The molecule has 10 heteroatoms. The van der Waals surface area contributed by atoms with E-state index in [-0.39, 0.29) is 22.2 Å². The summed E-state index contributed by atoms with van der Waals surface area (Å²) in [6.45, 7) is 0. The molecule has 8 nitrogen and oxygen atoms in total. The van der Waals surface area contributed by atoms with Gasteiger partial charge in [-0.25, -0.2) is 5.01 Å². The van der Waals surface area contributed by atoms with Crippen LogP contribution in [-0.4, -0.2) is 53.9 Å². The highest BCUT2D eigenvalue weighted by Gasteiger charge is 2.23. The molecule has 0 saturated heterocycles. The molecule has 0 bridgehead atoms. The Morgan fingerprint density at radius 3 is 2.58 bits per heavy atom. The number of hydrazine groups is 1. The zero-order valence-electron chi connectivity index (χ0n) is 13.5. The smallest absolute Gasteiger partial charge is 0.270 e. The van der Waals surface area contributed by atoms with Crippen molar-refractivity contribution >= 4 is 40.9 Å². The van der Waals surface area contributed by atoms with Crippen molar-refractivity contribution < 1.29 is 14.5 Å². The van der Waals surface area contributed by atoms with E-state index in [2.05, 4.69) is 10.7 Å². The third-order valence-corrected chi connectivity index (χ3v) is 3.93. The van der Waals surface area contributed by atoms with Gasteiger partial charge in [0.1, 0.15) is 6.04 Å². The predicted molar refractivity (Wildman–Crippen MR) is 94.2 cm³/mol. The molecule has 2 amide bonds. The largest absolute Gasteiger partial charge is 0.340 e. The molecule has 132 valence electrons. The Labute approximate surface area is 149 Å². The van der Waals surface area contributed by atoms with Gasteiger partial charge in [-0.2, -0.15) is 11.8 Å². The fourth-order valence-corrected chi connectivity index (χ4v) is 2.57. The molecule has 1 rings (SSSR count). The van der Waals surface area contributed by atoms with Crippen molar-refractivity contribution in [3.05, 3.63) is 38.9 Å². The van der Waals surface area contributed by atoms with Gasteiger partial charge in [0.15, 0.2) is 0 Å². The van der Waals surface area contributed by atoms with E-state index in [1.54, 1.807) is 25.9 Å². The highest BCUT2D eigenvalue weighted by Crippen LogP contribution is 2.22. The van der Waals surface area contributed by atoms with Gasteiger partial charge in [0.05, 0.1) is 15.5 Å². The molecule has 0 aliphatic heterocycles. The standard InChI is InChI=1S/C14H19ClN4O4S/c1-18(2)17-14(21)12(6-7-24-3)16-13(20)10-5-4-9(19(22)23)8-11(10)15/h4-5,8,12H,6-7H2,1-3H3,(H,16,20)(H,17,21)/t12-/m0/s1. The summed E-state index contributed by atoms with van der Waals surface area (Å²) in [5.74, 6) is -0.227. The lowest BCUT2D eigenvalue weighted by atomic mass is 10.1. The third kappa shape index (κ3) is 5.99. The Kier molecular flexibility index (Phi) is 7.96. The Bertz CT molecular complexity index is 627. The first-order valence-electron chi connectivity index (χ1n) is 6.97. The molecule has 1 atom stereocenters. The summed E-state index contributed by atoms with van der Waals surface area (Å²) in [6, 6.07) is 2.83. The van der Waals surface area contributed by atoms with Gasteiger partial charge >= 0.3 is 0 Å². The number of nitrogens with zero attached hydrogens (tertiary/aromatic N) is 2. The number of halogens is 1. The minimum absolute atomic E-state index is 0.0432. The van der Waals surface area contributed by atoms with E-state index in [0.29, 0.717) is 12.2 Å². The second-order valence-electron chi connectivity index (χ2n) is 5.10. The number of nitro groups is 1. The van der Waals surface area contributed by atoms with Crippen molar-refractivity contribution in [2.24, 2.45) is 0 Å². The van der Waals surface area contributed by atoms with Crippen LogP contribution in [0.5, 0.6) is 0 Å². The summed E-state index contributed by atoms with van der Waals surface area (Å²) in [5, 5.41) is 14.8. The van der Waals surface area contributed by atoms with E-state index >= 15 is 0 Å². The van der Waals surface area contributed by atoms with Gasteiger partial charge in [0.25, 0.3) is 17.5 Å². The number of amides is 2. The third-order valence-electron chi connectivity index (χ3n) is 2.97. The maximum absolute atomic E-state index is 12.3. The zero-order chi connectivity index (χ0) is 18.3. The molecule has 0 aliphatic carbocycles. The molecule has 0 saturated carbocycles. The molecule has 2 N–H and O–H groups in total. The lowest BCUT2D eigenvalue weighted by molar-refractivity contribution is -0.384. The lowest BCUT2D eigenvalue weighted by Gasteiger charge is -2.21. The van der Waals surface area contributed by atoms with Crippen LogP contribution in [0.15, 0.2) is 18.2 Å². The lowest BCUT2D eigenvalue weighted by Crippen LogP contribution is -2.50. The van der Waals surface area contributed by atoms with Crippen LogP contribution in [0.3, 0.4) is 0 Å². The number of carbonyl (C=O) groups excluding carboxylic acids is 2. The quantitative estimate of drug-likeness (QED) is 0.530. The van der Waals surface area contributed by atoms with Crippen molar-refractivity contribution in [3.8, 4) is 0 Å². The molecule has 0 unspecified atom stereocenters. The average molecular weight is 375 g/mol. The number of thioether (sulfide) groups is 1. The van der Waals surface area contributed by atoms with Gasteiger partial charge in [0, 0.05) is 26.2 Å². The molecule has 0 radical (unpaired) electrons. The Balaban J connectivity index is 2.91. The SMILES string of the molecule is CSCC[C@H](NC(=O)c1ccc([N+](=O)[O-])cc1Cl)C(=O)NN(C)C. The number of nitrogens with one attached hydrogen (secondary N) is 2. The van der Waals surface area contributed by atoms with Crippen LogP contribution in [0, 0.1) is 10.1 Å². The summed E-state index contributed by atoms with van der Waals surface area (Å²) in [7, 11) is 3.33. The second kappa shape index (κ2) is 9.45. The molecular formula is C14H19ClN4O4S. The van der Waals surface area contributed by atoms with Crippen LogP contribution in [0.1, 0.15) is 16.8 Å². The molecule has 1 aromatic carbocycles. The fraction of sp³-hybridized carbons (Fsp3) is 0.429. The van der Waals surface area contributed by atoms with Crippen molar-refractivity contribution in [1.29, 1.82) is 0 Å². The van der Waals surface area contributed by atoms with Crippen molar-refractivity contribution in [2.75, 3.05) is 26.1 Å². The molecule has 0 aliphatic rings. The van der Waals surface area contributed by atoms with Crippen LogP contribution in [0.4, 0.5) is 5.69 Å². The second-order valence-corrected chi connectivity index (χ2v) is 6.49. The Morgan fingerprint density at radius 1 is 1.42 bits per heavy atom. The average Bonchev–Trinajstić information content (AvgIpc) is 2.50. The maximum atomic E-state index is 12.3. The summed E-state index contributed by atoms with van der Waals surface area (Å²) in [5.41, 5.74) is 2.47. The normalized spacial score (nSPS) is 11.9. The number of hydrogen-bond donors (Lipinski definition) is 2. The summed E-state index contributed by atoms with van der Waals surface area (Å²) in [4.78, 5) is 34.6. The van der Waals surface area contributed by atoms with E-state index < -0.39 is 16.9 Å². The van der Waals surface area contributed by atoms with Crippen LogP contribution >= 0.6 is 23.4 Å². The van der Waals surface area contributed by atoms with Crippen molar-refractivity contribution in [2.45, 2.75) is 12.5 Å². The summed E-state index contributed by atoms with van der Waals surface area (Å²) in [6.07, 6.45) is 2.34.